The molecule has 1 aromatic carbocycles. The summed E-state index contributed by atoms with van der Waals surface area (Å²) in [6.45, 7) is 4.80. The zero-order chi connectivity index (χ0) is 14.0. The third-order valence-corrected chi connectivity index (χ3v) is 3.37. The van der Waals surface area contributed by atoms with Crippen LogP contribution in [0.5, 0.6) is 0 Å². The molecule has 1 aromatic heterocycles. The highest BCUT2D eigenvalue weighted by Crippen LogP contribution is 2.16. The van der Waals surface area contributed by atoms with Gasteiger partial charge < -0.3 is 15.0 Å². The molecule has 0 aliphatic rings. The monoisotopic (exact) mass is 261 g/mol. The average molecular weight is 261 g/mol. The van der Waals surface area contributed by atoms with Crippen molar-refractivity contribution in [2.45, 2.75) is 20.4 Å². The third kappa shape index (κ3) is 2.93. The van der Waals surface area contributed by atoms with E-state index in [-0.39, 0.29) is 5.92 Å². The van der Waals surface area contributed by atoms with Gasteiger partial charge in [0.2, 0.25) is 0 Å². The fraction of sp³-hybridized carbons (Fsp3) is 0.429. The second kappa shape index (κ2) is 5.40. The van der Waals surface area contributed by atoms with Crippen LogP contribution in [-0.4, -0.2) is 27.2 Å². The number of carbonyl (C=O) groups is 1. The molecule has 0 saturated heterocycles. The summed E-state index contributed by atoms with van der Waals surface area (Å²) in [6, 6.07) is 6.13. The number of aryl methyl sites for hydroxylation is 2. The molecular weight excluding hydrogens is 242 g/mol. The quantitative estimate of drug-likeness (QED) is 0.859. The van der Waals surface area contributed by atoms with E-state index in [2.05, 4.69) is 14.9 Å². The fourth-order valence-corrected chi connectivity index (χ4v) is 2.00. The van der Waals surface area contributed by atoms with Crippen LogP contribution in [0.1, 0.15) is 18.3 Å². The molecule has 0 bridgehead atoms. The first-order valence-corrected chi connectivity index (χ1v) is 6.34. The Labute approximate surface area is 112 Å². The van der Waals surface area contributed by atoms with E-state index in [0.29, 0.717) is 13.1 Å². The molecule has 0 aliphatic carbocycles. The summed E-state index contributed by atoms with van der Waals surface area (Å²) in [5.41, 5.74) is 3.20. The highest BCUT2D eigenvalue weighted by Gasteiger charge is 2.10. The molecule has 0 aliphatic heterocycles. The Bertz CT molecular complexity index is 604. The van der Waals surface area contributed by atoms with Crippen molar-refractivity contribution >= 4 is 17.0 Å². The van der Waals surface area contributed by atoms with Crippen molar-refractivity contribution in [1.82, 2.24) is 14.9 Å². The number of carboxylic acid groups (broad SMARTS) is 1. The lowest BCUT2D eigenvalue weighted by molar-refractivity contribution is -0.140. The van der Waals surface area contributed by atoms with Gasteiger partial charge in [-0.15, -0.1) is 0 Å². The first-order chi connectivity index (χ1) is 8.99. The molecule has 19 heavy (non-hydrogen) atoms. The predicted molar refractivity (Wildman–Crippen MR) is 74.0 cm³/mol. The average Bonchev–Trinajstić information content (AvgIpc) is 2.64. The van der Waals surface area contributed by atoms with Gasteiger partial charge in [0.1, 0.15) is 5.82 Å². The summed E-state index contributed by atoms with van der Waals surface area (Å²) >= 11 is 0. The lowest BCUT2D eigenvalue weighted by atomic mass is 10.1. The Balaban J connectivity index is 2.04. The molecule has 2 rings (SSSR count). The van der Waals surface area contributed by atoms with Crippen LogP contribution in [0.2, 0.25) is 0 Å². The first-order valence-electron chi connectivity index (χ1n) is 6.34. The van der Waals surface area contributed by atoms with Crippen molar-refractivity contribution < 1.29 is 9.90 Å². The molecule has 0 amide bonds. The Hall–Kier alpha value is -1.88. The Morgan fingerprint density at radius 2 is 2.26 bits per heavy atom. The summed E-state index contributed by atoms with van der Waals surface area (Å²) in [5.74, 6) is -0.163. The minimum absolute atomic E-state index is 0.374. The maximum absolute atomic E-state index is 10.7. The number of fused-ring (bicyclic) bond motifs is 1. The van der Waals surface area contributed by atoms with Crippen molar-refractivity contribution in [3.05, 3.63) is 29.6 Å². The highest BCUT2D eigenvalue weighted by atomic mass is 16.4. The van der Waals surface area contributed by atoms with E-state index in [0.717, 1.165) is 22.4 Å². The topological polar surface area (TPSA) is 67.2 Å². The van der Waals surface area contributed by atoms with Gasteiger partial charge in [0.05, 0.1) is 17.0 Å². The summed E-state index contributed by atoms with van der Waals surface area (Å²) in [6.07, 6.45) is 0. The minimum Gasteiger partial charge on any atom is -0.481 e. The maximum atomic E-state index is 10.7. The second-order valence-corrected chi connectivity index (χ2v) is 4.91. The van der Waals surface area contributed by atoms with Crippen molar-refractivity contribution in [2.75, 3.05) is 6.54 Å². The first kappa shape index (κ1) is 13.5. The Morgan fingerprint density at radius 1 is 1.53 bits per heavy atom. The summed E-state index contributed by atoms with van der Waals surface area (Å²) in [7, 11) is 2.00. The molecule has 0 radical (unpaired) electrons. The summed E-state index contributed by atoms with van der Waals surface area (Å²) in [5, 5.41) is 12.0. The minimum atomic E-state index is -0.775. The van der Waals surface area contributed by atoms with Gasteiger partial charge in [-0.25, -0.2) is 4.98 Å². The molecule has 5 heteroatoms. The van der Waals surface area contributed by atoms with Crippen LogP contribution in [-0.2, 0) is 18.4 Å². The van der Waals surface area contributed by atoms with E-state index in [1.54, 1.807) is 6.92 Å². The van der Waals surface area contributed by atoms with Crippen molar-refractivity contribution in [1.29, 1.82) is 0 Å². The number of hydrogen-bond acceptors (Lipinski definition) is 3. The van der Waals surface area contributed by atoms with Gasteiger partial charge in [-0.05, 0) is 24.6 Å². The molecule has 0 spiro atoms. The highest BCUT2D eigenvalue weighted by molar-refractivity contribution is 5.76. The van der Waals surface area contributed by atoms with E-state index in [1.165, 1.54) is 0 Å². The zero-order valence-electron chi connectivity index (χ0n) is 11.5. The van der Waals surface area contributed by atoms with Crippen molar-refractivity contribution in [3.8, 4) is 0 Å². The van der Waals surface area contributed by atoms with Crippen molar-refractivity contribution in [3.63, 3.8) is 0 Å². The van der Waals surface area contributed by atoms with Crippen molar-refractivity contribution in [2.24, 2.45) is 13.0 Å². The number of aliphatic carboxylic acids is 1. The molecule has 102 valence electrons. The molecular formula is C14H19N3O2. The lowest BCUT2D eigenvalue weighted by Crippen LogP contribution is -2.25. The summed E-state index contributed by atoms with van der Waals surface area (Å²) < 4.78 is 2.05. The number of carboxylic acids is 1. The van der Waals surface area contributed by atoms with Gasteiger partial charge in [-0.3, -0.25) is 4.79 Å². The number of aromatic nitrogens is 2. The number of nitrogens with zero attached hydrogens (tertiary/aromatic N) is 2. The normalized spacial score (nSPS) is 12.8. The molecule has 2 N–H and O–H groups in total. The number of imidazole rings is 1. The van der Waals surface area contributed by atoms with Gasteiger partial charge in [-0.1, -0.05) is 13.0 Å². The number of hydrogen-bond donors (Lipinski definition) is 2. The van der Waals surface area contributed by atoms with Gasteiger partial charge >= 0.3 is 5.97 Å². The molecule has 5 nitrogen and oxygen atoms in total. The number of nitrogens with one attached hydrogen (secondary N) is 1. The third-order valence-electron chi connectivity index (χ3n) is 3.37. The van der Waals surface area contributed by atoms with Gasteiger partial charge in [0.15, 0.2) is 0 Å². The molecule has 1 heterocycles. The van der Waals surface area contributed by atoms with Crippen LogP contribution >= 0.6 is 0 Å². The van der Waals surface area contributed by atoms with Crippen LogP contribution in [0, 0.1) is 12.8 Å². The molecule has 0 fully saturated rings. The Morgan fingerprint density at radius 3 is 2.95 bits per heavy atom. The predicted octanol–water partition coefficient (Wildman–Crippen LogP) is 1.69. The molecule has 0 saturated carbocycles. The molecule has 1 atom stereocenters. The van der Waals surface area contributed by atoms with E-state index in [4.69, 9.17) is 5.11 Å². The molecule has 1 unspecified atom stereocenters. The van der Waals surface area contributed by atoms with Crippen LogP contribution in [0.15, 0.2) is 18.2 Å². The number of benzene rings is 1. The number of rotatable bonds is 5. The summed E-state index contributed by atoms with van der Waals surface area (Å²) in [4.78, 5) is 15.2. The van der Waals surface area contributed by atoms with Gasteiger partial charge in [0.25, 0.3) is 0 Å². The Kier molecular flexibility index (Phi) is 3.85. The van der Waals surface area contributed by atoms with E-state index < -0.39 is 5.97 Å². The van der Waals surface area contributed by atoms with E-state index in [1.807, 2.05) is 32.2 Å². The van der Waals surface area contributed by atoms with E-state index in [9.17, 15) is 4.79 Å². The smallest absolute Gasteiger partial charge is 0.307 e. The van der Waals surface area contributed by atoms with Crippen LogP contribution in [0.3, 0.4) is 0 Å². The van der Waals surface area contributed by atoms with Crippen LogP contribution in [0.4, 0.5) is 0 Å². The van der Waals surface area contributed by atoms with Gasteiger partial charge in [0, 0.05) is 20.1 Å². The second-order valence-electron chi connectivity index (χ2n) is 4.91. The van der Waals surface area contributed by atoms with E-state index >= 15 is 0 Å². The maximum Gasteiger partial charge on any atom is 0.307 e. The SMILES string of the molecule is Cc1nc2cc(CNCC(C)C(=O)O)ccc2n1C. The fourth-order valence-electron chi connectivity index (χ4n) is 2.00. The largest absolute Gasteiger partial charge is 0.481 e. The van der Waals surface area contributed by atoms with Gasteiger partial charge in [-0.2, -0.15) is 0 Å². The standard InChI is InChI=1S/C14H19N3O2/c1-9(14(18)19)7-15-8-11-4-5-13-12(6-11)16-10(2)17(13)3/h4-6,9,15H,7-8H2,1-3H3,(H,18,19). The van der Waals surface area contributed by atoms with Crippen LogP contribution < -0.4 is 5.32 Å². The zero-order valence-corrected chi connectivity index (χ0v) is 11.5. The molecule has 2 aromatic rings. The lowest BCUT2D eigenvalue weighted by Gasteiger charge is -2.08. The van der Waals surface area contributed by atoms with Crippen LogP contribution in [0.25, 0.3) is 11.0 Å².